The van der Waals surface area contributed by atoms with Crippen LogP contribution in [0.1, 0.15) is 24.7 Å². The number of nitrogens with zero attached hydrogens (tertiary/aromatic N) is 1. The second-order valence-corrected chi connectivity index (χ2v) is 5.11. The first kappa shape index (κ1) is 15.4. The Balaban J connectivity index is 1.76. The molecule has 5 nitrogen and oxygen atoms in total. The Morgan fingerprint density at radius 1 is 1.43 bits per heavy atom. The average Bonchev–Trinajstić information content (AvgIpc) is 2.99. The van der Waals surface area contributed by atoms with Crippen LogP contribution in [0.3, 0.4) is 0 Å². The van der Waals surface area contributed by atoms with Gasteiger partial charge >= 0.3 is 6.03 Å². The lowest BCUT2D eigenvalue weighted by Crippen LogP contribution is -2.30. The molecule has 0 aliphatic rings. The number of imidazole rings is 1. The molecule has 0 aliphatic heterocycles. The predicted molar refractivity (Wildman–Crippen MR) is 84.8 cm³/mol. The van der Waals surface area contributed by atoms with E-state index in [-0.39, 0.29) is 6.03 Å². The third-order valence-electron chi connectivity index (χ3n) is 3.13. The van der Waals surface area contributed by atoms with Crippen molar-refractivity contribution >= 4 is 23.3 Å². The van der Waals surface area contributed by atoms with E-state index in [4.69, 9.17) is 11.6 Å². The lowest BCUT2D eigenvalue weighted by Gasteiger charge is -2.11. The quantitative estimate of drug-likeness (QED) is 0.716. The van der Waals surface area contributed by atoms with Gasteiger partial charge in [-0.25, -0.2) is 9.78 Å². The van der Waals surface area contributed by atoms with Crippen molar-refractivity contribution in [2.24, 2.45) is 0 Å². The van der Waals surface area contributed by atoms with E-state index >= 15 is 0 Å². The highest BCUT2D eigenvalue weighted by molar-refractivity contribution is 6.30. The molecule has 0 bridgehead atoms. The number of urea groups is 1. The van der Waals surface area contributed by atoms with Crippen LogP contribution in [0.5, 0.6) is 0 Å². The van der Waals surface area contributed by atoms with E-state index in [0.29, 0.717) is 11.6 Å². The summed E-state index contributed by atoms with van der Waals surface area (Å²) in [4.78, 5) is 19.0. The number of aromatic amines is 1. The smallest absolute Gasteiger partial charge is 0.319 e. The molecule has 1 aromatic carbocycles. The highest BCUT2D eigenvalue weighted by atomic mass is 35.5. The largest absolute Gasteiger partial charge is 0.349 e. The summed E-state index contributed by atoms with van der Waals surface area (Å²) in [5.74, 6) is 0.933. The summed E-state index contributed by atoms with van der Waals surface area (Å²) in [5.41, 5.74) is 1.82. The number of rotatable bonds is 6. The molecule has 0 radical (unpaired) electrons. The minimum atomic E-state index is -0.202. The number of amides is 2. The zero-order chi connectivity index (χ0) is 15.1. The second kappa shape index (κ2) is 7.69. The van der Waals surface area contributed by atoms with Crippen molar-refractivity contribution in [1.29, 1.82) is 0 Å². The van der Waals surface area contributed by atoms with Crippen LogP contribution in [0.2, 0.25) is 5.02 Å². The fourth-order valence-electron chi connectivity index (χ4n) is 2.04. The second-order valence-electron chi connectivity index (χ2n) is 4.68. The molecule has 1 heterocycles. The molecular formula is C15H19ClN4O. The highest BCUT2D eigenvalue weighted by Crippen LogP contribution is 2.20. The molecule has 2 amide bonds. The number of nitrogens with one attached hydrogen (secondary N) is 3. The van der Waals surface area contributed by atoms with Crippen molar-refractivity contribution < 1.29 is 4.79 Å². The van der Waals surface area contributed by atoms with Gasteiger partial charge in [0.1, 0.15) is 5.82 Å². The van der Waals surface area contributed by atoms with Crippen molar-refractivity contribution in [3.05, 3.63) is 47.0 Å². The van der Waals surface area contributed by atoms with Crippen molar-refractivity contribution in [2.45, 2.75) is 26.2 Å². The fraction of sp³-hybridized carbons (Fsp3) is 0.333. The van der Waals surface area contributed by atoms with E-state index in [1.54, 1.807) is 18.5 Å². The van der Waals surface area contributed by atoms with E-state index in [0.717, 1.165) is 36.3 Å². The number of halogens is 1. The van der Waals surface area contributed by atoms with Crippen molar-refractivity contribution in [2.75, 3.05) is 11.9 Å². The van der Waals surface area contributed by atoms with Gasteiger partial charge in [-0.3, -0.25) is 0 Å². The topological polar surface area (TPSA) is 69.8 Å². The molecule has 0 unspecified atom stereocenters. The molecule has 0 fully saturated rings. The first-order valence-electron chi connectivity index (χ1n) is 7.00. The number of anilines is 1. The maximum absolute atomic E-state index is 11.8. The summed E-state index contributed by atoms with van der Waals surface area (Å²) in [7, 11) is 0. The summed E-state index contributed by atoms with van der Waals surface area (Å²) >= 11 is 5.95. The van der Waals surface area contributed by atoms with Crippen LogP contribution in [-0.2, 0) is 12.8 Å². The van der Waals surface area contributed by atoms with E-state index in [1.807, 2.05) is 19.1 Å². The van der Waals surface area contributed by atoms with Crippen LogP contribution < -0.4 is 10.6 Å². The van der Waals surface area contributed by atoms with Gasteiger partial charge < -0.3 is 15.6 Å². The van der Waals surface area contributed by atoms with Gasteiger partial charge in [0.15, 0.2) is 0 Å². The summed E-state index contributed by atoms with van der Waals surface area (Å²) in [6, 6.07) is 5.26. The third kappa shape index (κ3) is 4.79. The van der Waals surface area contributed by atoms with Gasteiger partial charge in [0.25, 0.3) is 0 Å². The summed E-state index contributed by atoms with van der Waals surface area (Å²) in [6.45, 7) is 2.62. The van der Waals surface area contributed by atoms with Crippen LogP contribution in [0, 0.1) is 0 Å². The Morgan fingerprint density at radius 3 is 3.00 bits per heavy atom. The standard InChI is InChI=1S/C15H19ClN4O/c1-2-11-10-12(16)5-6-13(11)20-15(21)19-7-3-4-14-17-8-9-18-14/h5-6,8-10H,2-4,7H2,1H3,(H,17,18)(H2,19,20,21). The van der Waals surface area contributed by atoms with Crippen molar-refractivity contribution in [3.63, 3.8) is 0 Å². The molecule has 1 aromatic heterocycles. The highest BCUT2D eigenvalue weighted by Gasteiger charge is 2.06. The van der Waals surface area contributed by atoms with Crippen molar-refractivity contribution in [1.82, 2.24) is 15.3 Å². The Bertz CT molecular complexity index is 583. The summed E-state index contributed by atoms with van der Waals surface area (Å²) < 4.78 is 0. The van der Waals surface area contributed by atoms with Crippen LogP contribution >= 0.6 is 11.6 Å². The number of carbonyl (C=O) groups excluding carboxylic acids is 1. The number of hydrogen-bond acceptors (Lipinski definition) is 2. The van der Waals surface area contributed by atoms with Crippen LogP contribution in [0.4, 0.5) is 10.5 Å². The van der Waals surface area contributed by atoms with E-state index in [9.17, 15) is 4.79 Å². The summed E-state index contributed by atoms with van der Waals surface area (Å²) in [5, 5.41) is 6.36. The normalized spacial score (nSPS) is 10.4. The van der Waals surface area contributed by atoms with Crippen LogP contribution in [0.25, 0.3) is 0 Å². The molecule has 0 saturated heterocycles. The number of carbonyl (C=O) groups is 1. The van der Waals surface area contributed by atoms with Crippen molar-refractivity contribution in [3.8, 4) is 0 Å². The summed E-state index contributed by atoms with van der Waals surface area (Å²) in [6.07, 6.45) is 5.98. The first-order chi connectivity index (χ1) is 10.2. The number of H-pyrrole nitrogens is 1. The van der Waals surface area contributed by atoms with Gasteiger partial charge in [-0.05, 0) is 36.6 Å². The molecule has 112 valence electrons. The number of aryl methyl sites for hydroxylation is 2. The molecule has 2 aromatic rings. The van der Waals surface area contributed by atoms with Crippen LogP contribution in [0.15, 0.2) is 30.6 Å². The molecule has 21 heavy (non-hydrogen) atoms. The first-order valence-corrected chi connectivity index (χ1v) is 7.38. The van der Waals surface area contributed by atoms with E-state index < -0.39 is 0 Å². The number of aromatic nitrogens is 2. The zero-order valence-corrected chi connectivity index (χ0v) is 12.7. The monoisotopic (exact) mass is 306 g/mol. The number of hydrogen-bond donors (Lipinski definition) is 3. The van der Waals surface area contributed by atoms with Gasteiger partial charge in [-0.15, -0.1) is 0 Å². The molecule has 0 saturated carbocycles. The molecule has 2 rings (SSSR count). The molecule has 0 atom stereocenters. The molecule has 0 spiro atoms. The molecule has 0 aliphatic carbocycles. The van der Waals surface area contributed by atoms with E-state index in [2.05, 4.69) is 20.6 Å². The van der Waals surface area contributed by atoms with Gasteiger partial charge in [0.05, 0.1) is 0 Å². The SMILES string of the molecule is CCc1cc(Cl)ccc1NC(=O)NCCCc1ncc[nH]1. The molecule has 3 N–H and O–H groups in total. The minimum absolute atomic E-state index is 0.202. The Hall–Kier alpha value is -2.01. The minimum Gasteiger partial charge on any atom is -0.349 e. The Kier molecular flexibility index (Phi) is 5.63. The van der Waals surface area contributed by atoms with Gasteiger partial charge in [-0.2, -0.15) is 0 Å². The average molecular weight is 307 g/mol. The van der Waals surface area contributed by atoms with Gasteiger partial charge in [0, 0.05) is 36.1 Å². The number of benzene rings is 1. The van der Waals surface area contributed by atoms with Crippen LogP contribution in [-0.4, -0.2) is 22.5 Å². The lowest BCUT2D eigenvalue weighted by molar-refractivity contribution is 0.252. The maximum Gasteiger partial charge on any atom is 0.319 e. The Labute approximate surface area is 129 Å². The maximum atomic E-state index is 11.8. The zero-order valence-electron chi connectivity index (χ0n) is 11.9. The lowest BCUT2D eigenvalue weighted by atomic mass is 10.1. The Morgan fingerprint density at radius 2 is 2.29 bits per heavy atom. The van der Waals surface area contributed by atoms with E-state index in [1.165, 1.54) is 0 Å². The van der Waals surface area contributed by atoms with Gasteiger partial charge in [0.2, 0.25) is 0 Å². The third-order valence-corrected chi connectivity index (χ3v) is 3.36. The van der Waals surface area contributed by atoms with Gasteiger partial charge in [-0.1, -0.05) is 18.5 Å². The fourth-order valence-corrected chi connectivity index (χ4v) is 2.23. The molecule has 6 heteroatoms. The molecular weight excluding hydrogens is 288 g/mol. The predicted octanol–water partition coefficient (Wildman–Crippen LogP) is 3.38.